The highest BCUT2D eigenvalue weighted by molar-refractivity contribution is 7.26. The highest BCUT2D eigenvalue weighted by Gasteiger charge is 2.17. The second-order valence-electron chi connectivity index (χ2n) is 10.0. The molecule has 0 radical (unpaired) electrons. The van der Waals surface area contributed by atoms with Crippen molar-refractivity contribution in [2.24, 2.45) is 0 Å². The van der Waals surface area contributed by atoms with E-state index in [9.17, 15) is 5.26 Å². The lowest BCUT2D eigenvalue weighted by atomic mass is 9.90. The first kappa shape index (κ1) is 23.2. The van der Waals surface area contributed by atoms with Gasteiger partial charge in [0.25, 0.3) is 0 Å². The quantitative estimate of drug-likeness (QED) is 0.217. The van der Waals surface area contributed by atoms with Crippen molar-refractivity contribution >= 4 is 63.0 Å². The molecule has 0 saturated carbocycles. The van der Waals surface area contributed by atoms with Crippen LogP contribution < -0.4 is 0 Å². The zero-order valence-corrected chi connectivity index (χ0v) is 23.0. The van der Waals surface area contributed by atoms with Crippen molar-refractivity contribution in [3.63, 3.8) is 0 Å². The van der Waals surface area contributed by atoms with Crippen LogP contribution in [0.15, 0.2) is 127 Å². The maximum Gasteiger partial charge on any atom is 0.0991 e. The van der Waals surface area contributed by atoms with E-state index in [2.05, 4.69) is 115 Å². The molecule has 1 nitrogen and oxygen atoms in total. The van der Waals surface area contributed by atoms with Gasteiger partial charge in [-0.2, -0.15) is 5.26 Å². The molecular weight excluding hydrogens is 523 g/mol. The molecule has 40 heavy (non-hydrogen) atoms. The van der Waals surface area contributed by atoms with Crippen LogP contribution in [-0.2, 0) is 0 Å². The molecule has 8 rings (SSSR count). The van der Waals surface area contributed by atoms with Crippen molar-refractivity contribution in [3.05, 3.63) is 133 Å². The van der Waals surface area contributed by atoms with Crippen LogP contribution in [0.3, 0.4) is 0 Å². The van der Waals surface area contributed by atoms with E-state index in [1.165, 1.54) is 62.6 Å². The molecule has 6 aromatic carbocycles. The molecule has 0 aliphatic carbocycles. The highest BCUT2D eigenvalue weighted by Crippen LogP contribution is 2.45. The number of nitriles is 1. The molecular formula is C37H21NS2. The van der Waals surface area contributed by atoms with Gasteiger partial charge in [0.1, 0.15) is 0 Å². The van der Waals surface area contributed by atoms with Crippen molar-refractivity contribution < 1.29 is 0 Å². The summed E-state index contributed by atoms with van der Waals surface area (Å²) in [6.45, 7) is 0. The van der Waals surface area contributed by atoms with E-state index in [1.807, 2.05) is 40.9 Å². The molecule has 0 N–H and O–H groups in total. The maximum atomic E-state index is 9.69. The molecule has 8 aromatic rings. The Labute approximate surface area is 239 Å². The van der Waals surface area contributed by atoms with Crippen LogP contribution in [0.25, 0.3) is 73.7 Å². The number of nitrogens with zero attached hydrogens (tertiary/aromatic N) is 1. The summed E-state index contributed by atoms with van der Waals surface area (Å²) in [5.41, 5.74) is 7.68. The number of fused-ring (bicyclic) bond motifs is 6. The number of rotatable bonds is 3. The summed E-state index contributed by atoms with van der Waals surface area (Å²) in [5, 5.41) is 14.9. The van der Waals surface area contributed by atoms with Gasteiger partial charge in [-0.05, 0) is 58.1 Å². The monoisotopic (exact) mass is 543 g/mol. The van der Waals surface area contributed by atoms with E-state index < -0.39 is 0 Å². The third-order valence-corrected chi connectivity index (χ3v) is 10.2. The first-order valence-corrected chi connectivity index (χ1v) is 14.9. The molecule has 0 amide bonds. The predicted octanol–water partition coefficient (Wildman–Crippen LogP) is 11.3. The second kappa shape index (κ2) is 9.17. The van der Waals surface area contributed by atoms with Crippen LogP contribution in [0.5, 0.6) is 0 Å². The number of hydrogen-bond acceptors (Lipinski definition) is 3. The zero-order chi connectivity index (χ0) is 26.6. The fourth-order valence-electron chi connectivity index (χ4n) is 5.88. The molecule has 2 aromatic heterocycles. The van der Waals surface area contributed by atoms with Crippen LogP contribution in [0.1, 0.15) is 5.56 Å². The Bertz CT molecular complexity index is 2290. The van der Waals surface area contributed by atoms with E-state index >= 15 is 0 Å². The van der Waals surface area contributed by atoms with Gasteiger partial charge in [0.15, 0.2) is 0 Å². The van der Waals surface area contributed by atoms with Gasteiger partial charge < -0.3 is 0 Å². The molecule has 0 bridgehead atoms. The molecule has 0 spiro atoms. The van der Waals surface area contributed by atoms with Crippen molar-refractivity contribution in [1.82, 2.24) is 0 Å². The van der Waals surface area contributed by atoms with Gasteiger partial charge in [-0.1, -0.05) is 97.1 Å². The molecule has 0 saturated heterocycles. The van der Waals surface area contributed by atoms with Crippen LogP contribution in [0, 0.1) is 11.3 Å². The summed E-state index contributed by atoms with van der Waals surface area (Å²) in [6, 6.07) is 47.7. The first-order valence-electron chi connectivity index (χ1n) is 13.2. The summed E-state index contributed by atoms with van der Waals surface area (Å²) in [6.07, 6.45) is 0. The standard InChI is InChI=1S/C37H21NS2/c38-22-23-8-5-9-24(20-23)33-21-25(26-12-6-14-31-28-10-1-3-16-34(28)39-36(26)31)18-19-27(33)30-13-7-15-32-29-11-2-4-17-35(29)40-37(30)32/h1-21H. The van der Waals surface area contributed by atoms with Gasteiger partial charge in [-0.15, -0.1) is 22.7 Å². The number of hydrogen-bond donors (Lipinski definition) is 0. The van der Waals surface area contributed by atoms with Gasteiger partial charge in [0.2, 0.25) is 0 Å². The lowest BCUT2D eigenvalue weighted by molar-refractivity contribution is 1.48. The Morgan fingerprint density at radius 2 is 1.00 bits per heavy atom. The third kappa shape index (κ3) is 3.58. The molecule has 0 aliphatic heterocycles. The molecule has 3 heteroatoms. The largest absolute Gasteiger partial charge is 0.192 e. The Morgan fingerprint density at radius 3 is 1.70 bits per heavy atom. The van der Waals surface area contributed by atoms with Gasteiger partial charge in [-0.25, -0.2) is 0 Å². The van der Waals surface area contributed by atoms with Crippen LogP contribution in [-0.4, -0.2) is 0 Å². The Kier molecular flexibility index (Phi) is 5.31. The first-order chi connectivity index (χ1) is 19.8. The Balaban J connectivity index is 1.41. The minimum absolute atomic E-state index is 0.667. The zero-order valence-electron chi connectivity index (χ0n) is 21.4. The lowest BCUT2D eigenvalue weighted by Crippen LogP contribution is -1.89. The smallest absolute Gasteiger partial charge is 0.0991 e. The van der Waals surface area contributed by atoms with Crippen molar-refractivity contribution in [2.75, 3.05) is 0 Å². The molecule has 186 valence electrons. The lowest BCUT2D eigenvalue weighted by Gasteiger charge is -2.15. The molecule has 2 heterocycles. The van der Waals surface area contributed by atoms with Crippen LogP contribution in [0.2, 0.25) is 0 Å². The van der Waals surface area contributed by atoms with Crippen molar-refractivity contribution in [3.8, 4) is 39.4 Å². The second-order valence-corrected chi connectivity index (χ2v) is 12.1. The summed E-state index contributed by atoms with van der Waals surface area (Å²) in [4.78, 5) is 0. The van der Waals surface area contributed by atoms with E-state index in [0.29, 0.717) is 5.56 Å². The average molecular weight is 544 g/mol. The van der Waals surface area contributed by atoms with Crippen LogP contribution in [0.4, 0.5) is 0 Å². The van der Waals surface area contributed by atoms with E-state index in [1.54, 1.807) is 0 Å². The van der Waals surface area contributed by atoms with Gasteiger partial charge in [-0.3, -0.25) is 0 Å². The maximum absolute atomic E-state index is 9.69. The minimum atomic E-state index is 0.667. The number of thiophene rings is 2. The average Bonchev–Trinajstić information content (AvgIpc) is 3.59. The van der Waals surface area contributed by atoms with Crippen molar-refractivity contribution in [1.29, 1.82) is 5.26 Å². The molecule has 0 fully saturated rings. The highest BCUT2D eigenvalue weighted by atomic mass is 32.1. The summed E-state index contributed by atoms with van der Waals surface area (Å²) in [7, 11) is 0. The molecule has 0 aliphatic rings. The summed E-state index contributed by atoms with van der Waals surface area (Å²) >= 11 is 3.70. The third-order valence-electron chi connectivity index (χ3n) is 7.73. The number of benzene rings is 6. The Morgan fingerprint density at radius 1 is 0.425 bits per heavy atom. The fourth-order valence-corrected chi connectivity index (χ4v) is 8.34. The van der Waals surface area contributed by atoms with Crippen molar-refractivity contribution in [2.45, 2.75) is 0 Å². The van der Waals surface area contributed by atoms with Gasteiger partial charge in [0, 0.05) is 45.9 Å². The molecule has 0 unspecified atom stereocenters. The summed E-state index contributed by atoms with van der Waals surface area (Å²) < 4.78 is 5.20. The van der Waals surface area contributed by atoms with E-state index in [-0.39, 0.29) is 0 Å². The van der Waals surface area contributed by atoms with Gasteiger partial charge in [0.05, 0.1) is 11.6 Å². The van der Waals surface area contributed by atoms with E-state index in [4.69, 9.17) is 0 Å². The van der Waals surface area contributed by atoms with E-state index in [0.717, 1.165) is 11.1 Å². The predicted molar refractivity (Wildman–Crippen MR) is 173 cm³/mol. The fraction of sp³-hybridized carbons (Fsp3) is 0. The van der Waals surface area contributed by atoms with Gasteiger partial charge >= 0.3 is 0 Å². The Hall–Kier alpha value is -4.75. The topological polar surface area (TPSA) is 23.8 Å². The minimum Gasteiger partial charge on any atom is -0.192 e. The normalized spacial score (nSPS) is 11.5. The molecule has 0 atom stereocenters. The van der Waals surface area contributed by atoms with Crippen LogP contribution >= 0.6 is 22.7 Å². The SMILES string of the molecule is N#Cc1cccc(-c2cc(-c3cccc4c3sc3ccccc34)ccc2-c2cccc3c2sc2ccccc23)c1. The summed E-state index contributed by atoms with van der Waals surface area (Å²) in [5.74, 6) is 0.